The summed E-state index contributed by atoms with van der Waals surface area (Å²) in [4.78, 5) is 4.37. The largest absolute Gasteiger partial charge is 0.441 e. The summed E-state index contributed by atoms with van der Waals surface area (Å²) in [5.74, 6) is 1.68. The van der Waals surface area contributed by atoms with Gasteiger partial charge in [-0.25, -0.2) is 4.98 Å². The highest BCUT2D eigenvalue weighted by Crippen LogP contribution is 2.23. The van der Waals surface area contributed by atoms with E-state index in [0.717, 1.165) is 36.6 Å². The molecule has 108 valence electrons. The van der Waals surface area contributed by atoms with Gasteiger partial charge in [0.15, 0.2) is 11.7 Å². The molecule has 0 aliphatic rings. The molecule has 0 atom stereocenters. The summed E-state index contributed by atoms with van der Waals surface area (Å²) in [7, 11) is 0. The van der Waals surface area contributed by atoms with Gasteiger partial charge in [-0.05, 0) is 44.0 Å². The number of rotatable bonds is 6. The zero-order valence-electron chi connectivity index (χ0n) is 12.9. The molecule has 0 aliphatic heterocycles. The number of aryl methyl sites for hydroxylation is 3. The Morgan fingerprint density at radius 3 is 2.70 bits per heavy atom. The second-order valence-corrected chi connectivity index (χ2v) is 5.63. The molecule has 20 heavy (non-hydrogen) atoms. The lowest BCUT2D eigenvalue weighted by molar-refractivity contribution is 0.484. The minimum atomic E-state index is 0.533. The van der Waals surface area contributed by atoms with Gasteiger partial charge in [-0.15, -0.1) is 0 Å². The van der Waals surface area contributed by atoms with Crippen LogP contribution in [0, 0.1) is 13.8 Å². The molecule has 1 aromatic carbocycles. The average molecular weight is 272 g/mol. The van der Waals surface area contributed by atoms with Gasteiger partial charge in [-0.3, -0.25) is 0 Å². The molecule has 2 rings (SSSR count). The van der Waals surface area contributed by atoms with Crippen LogP contribution in [0.3, 0.4) is 0 Å². The molecule has 0 fully saturated rings. The van der Waals surface area contributed by atoms with E-state index in [4.69, 9.17) is 4.42 Å². The SMILES string of the molecule is Cc1ccc(-c2cnc(CCCNC(C)C)o2)cc1C. The lowest BCUT2D eigenvalue weighted by Gasteiger charge is -2.06. The van der Waals surface area contributed by atoms with Gasteiger partial charge < -0.3 is 9.73 Å². The first kappa shape index (κ1) is 14.8. The third kappa shape index (κ3) is 3.94. The summed E-state index contributed by atoms with van der Waals surface area (Å²) in [5.41, 5.74) is 3.68. The smallest absolute Gasteiger partial charge is 0.194 e. The second kappa shape index (κ2) is 6.71. The van der Waals surface area contributed by atoms with Crippen molar-refractivity contribution in [3.8, 4) is 11.3 Å². The fraction of sp³-hybridized carbons (Fsp3) is 0.471. The zero-order valence-corrected chi connectivity index (χ0v) is 12.9. The van der Waals surface area contributed by atoms with Crippen LogP contribution in [0.15, 0.2) is 28.8 Å². The van der Waals surface area contributed by atoms with Gasteiger partial charge in [0.05, 0.1) is 6.20 Å². The molecule has 0 saturated heterocycles. The van der Waals surface area contributed by atoms with E-state index in [0.29, 0.717) is 6.04 Å². The van der Waals surface area contributed by atoms with Crippen molar-refractivity contribution < 1.29 is 4.42 Å². The maximum atomic E-state index is 5.83. The summed E-state index contributed by atoms with van der Waals surface area (Å²) >= 11 is 0. The van der Waals surface area contributed by atoms with Gasteiger partial charge in [0.25, 0.3) is 0 Å². The van der Waals surface area contributed by atoms with Crippen LogP contribution in [-0.2, 0) is 6.42 Å². The van der Waals surface area contributed by atoms with Crippen molar-refractivity contribution in [3.05, 3.63) is 41.4 Å². The van der Waals surface area contributed by atoms with Crippen molar-refractivity contribution in [1.29, 1.82) is 0 Å². The van der Waals surface area contributed by atoms with E-state index in [1.54, 1.807) is 0 Å². The third-order valence-electron chi connectivity index (χ3n) is 3.46. The molecule has 2 aromatic rings. The summed E-state index contributed by atoms with van der Waals surface area (Å²) in [6.07, 6.45) is 3.75. The monoisotopic (exact) mass is 272 g/mol. The van der Waals surface area contributed by atoms with E-state index >= 15 is 0 Å². The minimum absolute atomic E-state index is 0.533. The van der Waals surface area contributed by atoms with Gasteiger partial charge >= 0.3 is 0 Å². The van der Waals surface area contributed by atoms with E-state index < -0.39 is 0 Å². The molecule has 1 aromatic heterocycles. The predicted octanol–water partition coefficient (Wildman–Crippen LogP) is 3.89. The fourth-order valence-electron chi connectivity index (χ4n) is 2.08. The molecule has 0 spiro atoms. The molecule has 0 aliphatic carbocycles. The van der Waals surface area contributed by atoms with E-state index in [2.05, 4.69) is 56.2 Å². The Kier molecular flexibility index (Phi) is 4.96. The number of hydrogen-bond acceptors (Lipinski definition) is 3. The highest BCUT2D eigenvalue weighted by molar-refractivity contribution is 5.58. The summed E-state index contributed by atoms with van der Waals surface area (Å²) in [5, 5.41) is 3.40. The topological polar surface area (TPSA) is 38.1 Å². The molecule has 0 amide bonds. The molecule has 1 heterocycles. The number of nitrogens with zero attached hydrogens (tertiary/aromatic N) is 1. The van der Waals surface area contributed by atoms with E-state index in [1.165, 1.54) is 11.1 Å². The predicted molar refractivity (Wildman–Crippen MR) is 82.9 cm³/mol. The zero-order chi connectivity index (χ0) is 14.5. The molecule has 3 nitrogen and oxygen atoms in total. The van der Waals surface area contributed by atoms with Crippen molar-refractivity contribution in [2.45, 2.75) is 46.6 Å². The first-order chi connectivity index (χ1) is 9.56. The Balaban J connectivity index is 1.96. The maximum absolute atomic E-state index is 5.83. The standard InChI is InChI=1S/C17H24N2O/c1-12(2)18-9-5-6-17-19-11-16(20-17)15-8-7-13(3)14(4)10-15/h7-8,10-12,18H,5-6,9H2,1-4H3. The van der Waals surface area contributed by atoms with E-state index in [1.807, 2.05) is 6.20 Å². The van der Waals surface area contributed by atoms with Crippen LogP contribution in [-0.4, -0.2) is 17.6 Å². The summed E-state index contributed by atoms with van der Waals surface area (Å²) < 4.78 is 5.83. The number of hydrogen-bond donors (Lipinski definition) is 1. The molecular formula is C17H24N2O. The van der Waals surface area contributed by atoms with Crippen LogP contribution >= 0.6 is 0 Å². The maximum Gasteiger partial charge on any atom is 0.194 e. The quantitative estimate of drug-likeness (QED) is 0.811. The Morgan fingerprint density at radius 2 is 2.00 bits per heavy atom. The molecule has 3 heteroatoms. The van der Waals surface area contributed by atoms with Gasteiger partial charge in [-0.2, -0.15) is 0 Å². The van der Waals surface area contributed by atoms with Crippen LogP contribution in [0.5, 0.6) is 0 Å². The lowest BCUT2D eigenvalue weighted by atomic mass is 10.1. The van der Waals surface area contributed by atoms with E-state index in [9.17, 15) is 0 Å². The van der Waals surface area contributed by atoms with Gasteiger partial charge in [0.1, 0.15) is 0 Å². The van der Waals surface area contributed by atoms with Crippen LogP contribution in [0.2, 0.25) is 0 Å². The Hall–Kier alpha value is -1.61. The number of nitrogens with one attached hydrogen (secondary N) is 1. The van der Waals surface area contributed by atoms with Crippen molar-refractivity contribution in [2.75, 3.05) is 6.54 Å². The Labute approximate surface area is 121 Å². The molecule has 1 N–H and O–H groups in total. The van der Waals surface area contributed by atoms with Crippen molar-refractivity contribution in [2.24, 2.45) is 0 Å². The van der Waals surface area contributed by atoms with Crippen LogP contribution in [0.25, 0.3) is 11.3 Å². The van der Waals surface area contributed by atoms with Crippen molar-refractivity contribution in [1.82, 2.24) is 10.3 Å². The van der Waals surface area contributed by atoms with Gasteiger partial charge in [0, 0.05) is 18.0 Å². The van der Waals surface area contributed by atoms with Crippen LogP contribution < -0.4 is 5.32 Å². The summed E-state index contributed by atoms with van der Waals surface area (Å²) in [6, 6.07) is 6.90. The van der Waals surface area contributed by atoms with Crippen molar-refractivity contribution >= 4 is 0 Å². The van der Waals surface area contributed by atoms with E-state index in [-0.39, 0.29) is 0 Å². The minimum Gasteiger partial charge on any atom is -0.441 e. The van der Waals surface area contributed by atoms with Crippen LogP contribution in [0.1, 0.15) is 37.3 Å². The molecule has 0 bridgehead atoms. The lowest BCUT2D eigenvalue weighted by Crippen LogP contribution is -2.23. The highest BCUT2D eigenvalue weighted by Gasteiger charge is 2.07. The van der Waals surface area contributed by atoms with Crippen molar-refractivity contribution in [3.63, 3.8) is 0 Å². The first-order valence-electron chi connectivity index (χ1n) is 7.32. The molecule has 0 radical (unpaired) electrons. The molecule has 0 saturated carbocycles. The first-order valence-corrected chi connectivity index (χ1v) is 7.32. The highest BCUT2D eigenvalue weighted by atomic mass is 16.4. The third-order valence-corrected chi connectivity index (χ3v) is 3.46. The van der Waals surface area contributed by atoms with Gasteiger partial charge in [-0.1, -0.05) is 26.0 Å². The Morgan fingerprint density at radius 1 is 1.20 bits per heavy atom. The molecular weight excluding hydrogens is 248 g/mol. The van der Waals surface area contributed by atoms with Crippen LogP contribution in [0.4, 0.5) is 0 Å². The fourth-order valence-corrected chi connectivity index (χ4v) is 2.08. The normalized spacial score (nSPS) is 11.2. The number of oxazole rings is 1. The number of aromatic nitrogens is 1. The Bertz CT molecular complexity index is 558. The summed E-state index contributed by atoms with van der Waals surface area (Å²) in [6.45, 7) is 9.55. The van der Waals surface area contributed by atoms with Gasteiger partial charge in [0.2, 0.25) is 0 Å². The molecule has 0 unspecified atom stereocenters. The number of benzene rings is 1. The second-order valence-electron chi connectivity index (χ2n) is 5.63. The average Bonchev–Trinajstić information content (AvgIpc) is 2.86.